The van der Waals surface area contributed by atoms with E-state index in [0.29, 0.717) is 16.8 Å². The Hall–Kier alpha value is -3.93. The molecule has 4 aromatic rings. The number of ether oxygens (including phenoxy) is 1. The summed E-state index contributed by atoms with van der Waals surface area (Å²) in [5.41, 5.74) is 4.15. The number of H-pyrrole nitrogens is 1. The van der Waals surface area contributed by atoms with Crippen molar-refractivity contribution in [3.05, 3.63) is 83.9 Å². The Kier molecular flexibility index (Phi) is 4.60. The molecule has 0 saturated heterocycles. The van der Waals surface area contributed by atoms with Crippen molar-refractivity contribution in [3.63, 3.8) is 0 Å². The first kappa shape index (κ1) is 17.5. The van der Waals surface area contributed by atoms with Gasteiger partial charge >= 0.3 is 5.97 Å². The number of nitrogens with one attached hydrogen (secondary N) is 2. The van der Waals surface area contributed by atoms with Crippen molar-refractivity contribution in [3.8, 4) is 11.4 Å². The third kappa shape index (κ3) is 3.48. The number of methoxy groups -OCH3 is 1. The van der Waals surface area contributed by atoms with Crippen molar-refractivity contribution < 1.29 is 14.3 Å². The number of fused-ring (bicyclic) bond motifs is 1. The molecule has 2 N–H and O–H groups in total. The number of aromatic amines is 1. The molecule has 3 aromatic carbocycles. The molecule has 0 bridgehead atoms. The van der Waals surface area contributed by atoms with Gasteiger partial charge in [0.1, 0.15) is 5.82 Å². The number of carbonyl (C=O) groups excluding carboxylic acids is 2. The molecular weight excluding hydrogens is 354 g/mol. The second-order valence-electron chi connectivity index (χ2n) is 6.21. The number of hydrogen-bond donors (Lipinski definition) is 2. The normalized spacial score (nSPS) is 10.6. The Morgan fingerprint density at radius 2 is 1.68 bits per heavy atom. The Bertz CT molecular complexity index is 1130. The Balaban J connectivity index is 1.51. The molecule has 0 aliphatic rings. The number of imidazole rings is 1. The molecule has 0 fully saturated rings. The maximum atomic E-state index is 12.5. The van der Waals surface area contributed by atoms with E-state index in [2.05, 4.69) is 20.0 Å². The first-order chi connectivity index (χ1) is 13.6. The lowest BCUT2D eigenvalue weighted by Crippen LogP contribution is -2.13. The van der Waals surface area contributed by atoms with E-state index in [4.69, 9.17) is 0 Å². The molecule has 1 heterocycles. The first-order valence-corrected chi connectivity index (χ1v) is 8.69. The summed E-state index contributed by atoms with van der Waals surface area (Å²) in [5.74, 6) is -0.0167. The molecule has 6 heteroatoms. The predicted octanol–water partition coefficient (Wildman–Crippen LogP) is 4.27. The standard InChI is InChI=1S/C22H17N3O3/c1-28-22(27)16-6-4-5-15(13-16)21(26)23-17-11-9-14(10-12-17)20-24-18-7-2-3-8-19(18)25-20/h2-13H,1H3,(H,23,26)(H,24,25). The number of aromatic nitrogens is 2. The Morgan fingerprint density at radius 1 is 0.929 bits per heavy atom. The molecule has 0 aliphatic heterocycles. The molecule has 0 spiro atoms. The highest BCUT2D eigenvalue weighted by molar-refractivity contribution is 6.05. The second-order valence-corrected chi connectivity index (χ2v) is 6.21. The molecular formula is C22H17N3O3. The van der Waals surface area contributed by atoms with Crippen LogP contribution in [0.5, 0.6) is 0 Å². The summed E-state index contributed by atoms with van der Waals surface area (Å²) >= 11 is 0. The largest absolute Gasteiger partial charge is 0.465 e. The van der Waals surface area contributed by atoms with Crippen molar-refractivity contribution in [2.75, 3.05) is 12.4 Å². The Morgan fingerprint density at radius 3 is 2.43 bits per heavy atom. The summed E-state index contributed by atoms with van der Waals surface area (Å²) in [4.78, 5) is 31.9. The van der Waals surface area contributed by atoms with E-state index in [1.807, 2.05) is 48.5 Å². The predicted molar refractivity (Wildman–Crippen MR) is 107 cm³/mol. The molecule has 138 valence electrons. The average Bonchev–Trinajstić information content (AvgIpc) is 3.18. The fraction of sp³-hybridized carbons (Fsp3) is 0.0455. The zero-order valence-corrected chi connectivity index (χ0v) is 15.1. The van der Waals surface area contributed by atoms with Gasteiger partial charge in [-0.1, -0.05) is 18.2 Å². The lowest BCUT2D eigenvalue weighted by Gasteiger charge is -2.07. The summed E-state index contributed by atoms with van der Waals surface area (Å²) in [5, 5.41) is 2.83. The van der Waals surface area contributed by atoms with Gasteiger partial charge in [0.25, 0.3) is 5.91 Å². The van der Waals surface area contributed by atoms with Gasteiger partial charge in [-0.2, -0.15) is 0 Å². The highest BCUT2D eigenvalue weighted by Crippen LogP contribution is 2.22. The summed E-state index contributed by atoms with van der Waals surface area (Å²) in [6.07, 6.45) is 0. The zero-order chi connectivity index (χ0) is 19.5. The van der Waals surface area contributed by atoms with Crippen LogP contribution in [0.15, 0.2) is 72.8 Å². The van der Waals surface area contributed by atoms with Gasteiger partial charge in [-0.05, 0) is 54.6 Å². The van der Waals surface area contributed by atoms with Crippen molar-refractivity contribution in [2.45, 2.75) is 0 Å². The van der Waals surface area contributed by atoms with E-state index in [-0.39, 0.29) is 5.91 Å². The highest BCUT2D eigenvalue weighted by Gasteiger charge is 2.11. The minimum Gasteiger partial charge on any atom is -0.465 e. The molecule has 4 rings (SSSR count). The van der Waals surface area contributed by atoms with Gasteiger partial charge in [0.05, 0.1) is 23.7 Å². The topological polar surface area (TPSA) is 84.1 Å². The van der Waals surface area contributed by atoms with E-state index in [1.165, 1.54) is 13.2 Å². The molecule has 1 aromatic heterocycles. The molecule has 0 atom stereocenters. The molecule has 0 radical (unpaired) electrons. The van der Waals surface area contributed by atoms with Crippen LogP contribution in [0.2, 0.25) is 0 Å². The van der Waals surface area contributed by atoms with Crippen molar-refractivity contribution >= 4 is 28.6 Å². The summed E-state index contributed by atoms with van der Waals surface area (Å²) in [6.45, 7) is 0. The molecule has 6 nitrogen and oxygen atoms in total. The Labute approximate surface area is 161 Å². The number of rotatable bonds is 4. The number of hydrogen-bond acceptors (Lipinski definition) is 4. The van der Waals surface area contributed by atoms with Crippen molar-refractivity contribution in [1.29, 1.82) is 0 Å². The molecule has 28 heavy (non-hydrogen) atoms. The van der Waals surface area contributed by atoms with Gasteiger partial charge in [0.15, 0.2) is 0 Å². The fourth-order valence-electron chi connectivity index (χ4n) is 2.91. The monoisotopic (exact) mass is 371 g/mol. The van der Waals surface area contributed by atoms with Gasteiger partial charge in [0, 0.05) is 16.8 Å². The van der Waals surface area contributed by atoms with Crippen LogP contribution in [0, 0.1) is 0 Å². The lowest BCUT2D eigenvalue weighted by atomic mass is 10.1. The maximum absolute atomic E-state index is 12.5. The zero-order valence-electron chi connectivity index (χ0n) is 15.1. The number of para-hydroxylation sites is 2. The quantitative estimate of drug-likeness (QED) is 0.525. The molecule has 0 unspecified atom stereocenters. The smallest absolute Gasteiger partial charge is 0.337 e. The van der Waals surface area contributed by atoms with Crippen LogP contribution >= 0.6 is 0 Å². The van der Waals surface area contributed by atoms with Gasteiger partial charge in [-0.25, -0.2) is 9.78 Å². The highest BCUT2D eigenvalue weighted by atomic mass is 16.5. The van der Waals surface area contributed by atoms with E-state index >= 15 is 0 Å². The SMILES string of the molecule is COC(=O)c1cccc(C(=O)Nc2ccc(-c3nc4ccccc4[nH]3)cc2)c1. The van der Waals surface area contributed by atoms with E-state index in [9.17, 15) is 9.59 Å². The number of carbonyl (C=O) groups is 2. The second kappa shape index (κ2) is 7.36. The van der Waals surface area contributed by atoms with E-state index in [1.54, 1.807) is 18.2 Å². The third-order valence-electron chi connectivity index (χ3n) is 4.35. The van der Waals surface area contributed by atoms with Crippen LogP contribution < -0.4 is 5.32 Å². The molecule has 1 amide bonds. The summed E-state index contributed by atoms with van der Waals surface area (Å²) in [7, 11) is 1.30. The van der Waals surface area contributed by atoms with E-state index in [0.717, 1.165) is 22.4 Å². The number of anilines is 1. The third-order valence-corrected chi connectivity index (χ3v) is 4.35. The summed E-state index contributed by atoms with van der Waals surface area (Å²) in [6, 6.07) is 21.6. The number of esters is 1. The minimum atomic E-state index is -0.482. The van der Waals surface area contributed by atoms with Crippen LogP contribution in [0.1, 0.15) is 20.7 Å². The summed E-state index contributed by atoms with van der Waals surface area (Å²) < 4.78 is 4.69. The number of nitrogens with zero attached hydrogens (tertiary/aromatic N) is 1. The van der Waals surface area contributed by atoms with Gasteiger partial charge in [0.2, 0.25) is 0 Å². The number of benzene rings is 3. The van der Waals surface area contributed by atoms with Gasteiger partial charge < -0.3 is 15.0 Å². The molecule has 0 saturated carbocycles. The minimum absolute atomic E-state index is 0.303. The lowest BCUT2D eigenvalue weighted by molar-refractivity contribution is 0.0600. The average molecular weight is 371 g/mol. The maximum Gasteiger partial charge on any atom is 0.337 e. The number of amides is 1. The van der Waals surface area contributed by atoms with Crippen LogP contribution in [0.3, 0.4) is 0 Å². The van der Waals surface area contributed by atoms with E-state index < -0.39 is 5.97 Å². The van der Waals surface area contributed by atoms with Crippen molar-refractivity contribution in [1.82, 2.24) is 9.97 Å². The van der Waals surface area contributed by atoms with Crippen LogP contribution in [0.25, 0.3) is 22.4 Å². The first-order valence-electron chi connectivity index (χ1n) is 8.69. The van der Waals surface area contributed by atoms with Crippen LogP contribution in [0.4, 0.5) is 5.69 Å². The van der Waals surface area contributed by atoms with Crippen LogP contribution in [-0.4, -0.2) is 29.0 Å². The van der Waals surface area contributed by atoms with Crippen LogP contribution in [-0.2, 0) is 4.74 Å². The van der Waals surface area contributed by atoms with Crippen molar-refractivity contribution in [2.24, 2.45) is 0 Å². The van der Waals surface area contributed by atoms with Gasteiger partial charge in [-0.3, -0.25) is 4.79 Å². The fourth-order valence-corrected chi connectivity index (χ4v) is 2.91. The molecule has 0 aliphatic carbocycles. The van der Waals surface area contributed by atoms with Gasteiger partial charge in [-0.15, -0.1) is 0 Å².